The van der Waals surface area contributed by atoms with Gasteiger partial charge in [-0.3, -0.25) is 9.59 Å². The number of benzene rings is 2. The molecule has 2 N–H and O–H groups in total. The van der Waals surface area contributed by atoms with Crippen molar-refractivity contribution in [3.8, 4) is 0 Å². The molecule has 206 valence electrons. The highest BCUT2D eigenvalue weighted by atomic mass is 32.2. The molecule has 9 nitrogen and oxygen atoms in total. The largest absolute Gasteiger partial charge is 0.338 e. The summed E-state index contributed by atoms with van der Waals surface area (Å²) < 4.78 is 26.8. The predicted octanol–water partition coefficient (Wildman–Crippen LogP) is 4.27. The number of fused-ring (bicyclic) bond motifs is 1. The van der Waals surface area contributed by atoms with Crippen LogP contribution in [0.25, 0.3) is 0 Å². The van der Waals surface area contributed by atoms with Crippen LogP contribution in [-0.4, -0.2) is 50.8 Å². The fourth-order valence-electron chi connectivity index (χ4n) is 5.02. The van der Waals surface area contributed by atoms with Gasteiger partial charge in [-0.15, -0.1) is 0 Å². The number of carbonyl (C=O) groups is 2. The van der Waals surface area contributed by atoms with E-state index in [4.69, 9.17) is 4.99 Å². The third-order valence-corrected chi connectivity index (χ3v) is 8.03. The molecule has 4 heterocycles. The minimum atomic E-state index is -0.822. The Morgan fingerprint density at radius 1 is 0.878 bits per heavy atom. The average Bonchev–Trinajstić information content (AvgIpc) is 3.39. The number of aromatic nitrogens is 3. The number of nitrogens with zero attached hydrogens (tertiary/aromatic N) is 5. The first kappa shape index (κ1) is 26.5. The van der Waals surface area contributed by atoms with Crippen LogP contribution >= 0.6 is 11.8 Å². The molecule has 2 aromatic carbocycles. The van der Waals surface area contributed by atoms with Crippen molar-refractivity contribution < 1.29 is 18.4 Å². The van der Waals surface area contributed by atoms with Gasteiger partial charge in [0.15, 0.2) is 11.0 Å². The Bertz CT molecular complexity index is 1620. The van der Waals surface area contributed by atoms with E-state index in [2.05, 4.69) is 25.6 Å². The van der Waals surface area contributed by atoms with Crippen LogP contribution in [0.5, 0.6) is 0 Å². The Labute approximate surface area is 238 Å². The molecule has 1 fully saturated rings. The molecule has 2 aromatic heterocycles. The molecular formula is C29H23F2N7O2S. The van der Waals surface area contributed by atoms with Crippen molar-refractivity contribution in [3.05, 3.63) is 114 Å². The number of rotatable bonds is 5. The first-order chi connectivity index (χ1) is 19.9. The molecule has 2 aliphatic heterocycles. The number of halogens is 2. The van der Waals surface area contributed by atoms with Gasteiger partial charge >= 0.3 is 0 Å². The van der Waals surface area contributed by atoms with Gasteiger partial charge in [-0.25, -0.2) is 28.7 Å². The van der Waals surface area contributed by atoms with Gasteiger partial charge in [0.1, 0.15) is 17.1 Å². The number of amidine groups is 1. The molecule has 0 radical (unpaired) electrons. The molecule has 2 amide bonds. The minimum absolute atomic E-state index is 0.0109. The van der Waals surface area contributed by atoms with Crippen molar-refractivity contribution in [1.82, 2.24) is 20.3 Å². The van der Waals surface area contributed by atoms with Crippen LogP contribution < -0.4 is 15.5 Å². The summed E-state index contributed by atoms with van der Waals surface area (Å²) in [6.45, 7) is 0.920. The Morgan fingerprint density at radius 2 is 1.66 bits per heavy atom. The van der Waals surface area contributed by atoms with Crippen LogP contribution in [0.15, 0.2) is 90.3 Å². The van der Waals surface area contributed by atoms with Gasteiger partial charge in [-0.1, -0.05) is 42.1 Å². The standard InChI is InChI=1S/C29H23F2N7O2S/c30-21-9-10-24(32-12-21)26(40)35-23-8-4-7-19(11-23)29-17-38(27-33-13-22(31)14-34-27)15-20(29)16-41-28(37-29)36-25(39)18-5-2-1-3-6-18/h1-14,20H,15-17H2,(H,35,40)(H,36,37,39). The van der Waals surface area contributed by atoms with Gasteiger partial charge < -0.3 is 15.5 Å². The van der Waals surface area contributed by atoms with Crippen LogP contribution in [-0.2, 0) is 5.54 Å². The summed E-state index contributed by atoms with van der Waals surface area (Å²) in [6.07, 6.45) is 3.24. The monoisotopic (exact) mass is 571 g/mol. The molecule has 6 rings (SSSR count). The molecule has 12 heteroatoms. The van der Waals surface area contributed by atoms with E-state index in [1.54, 1.807) is 30.3 Å². The minimum Gasteiger partial charge on any atom is -0.338 e. The summed E-state index contributed by atoms with van der Waals surface area (Å²) in [4.78, 5) is 45.0. The molecule has 2 aliphatic rings. The molecule has 0 saturated carbocycles. The fraction of sp³-hybridized carbons (Fsp3) is 0.172. The second-order valence-electron chi connectivity index (χ2n) is 9.65. The fourth-order valence-corrected chi connectivity index (χ4v) is 6.15. The van der Waals surface area contributed by atoms with Crippen LogP contribution in [0.3, 0.4) is 0 Å². The summed E-state index contributed by atoms with van der Waals surface area (Å²) in [5.41, 5.74) is 1.08. The lowest BCUT2D eigenvalue weighted by Gasteiger charge is -2.35. The molecule has 0 bridgehead atoms. The molecule has 1 saturated heterocycles. The quantitative estimate of drug-likeness (QED) is 0.368. The summed E-state index contributed by atoms with van der Waals surface area (Å²) in [7, 11) is 0. The van der Waals surface area contributed by atoms with Gasteiger partial charge in [0, 0.05) is 29.5 Å². The molecule has 41 heavy (non-hydrogen) atoms. The van der Waals surface area contributed by atoms with E-state index in [1.165, 1.54) is 23.9 Å². The average molecular weight is 572 g/mol. The van der Waals surface area contributed by atoms with Gasteiger partial charge in [0.05, 0.1) is 25.1 Å². The molecule has 2 atom stereocenters. The number of thioether (sulfide) groups is 1. The second-order valence-corrected chi connectivity index (χ2v) is 10.7. The molecule has 0 aliphatic carbocycles. The van der Waals surface area contributed by atoms with E-state index >= 15 is 0 Å². The maximum atomic E-state index is 13.5. The smallest absolute Gasteiger partial charge is 0.274 e. The van der Waals surface area contributed by atoms with Crippen LogP contribution in [0.4, 0.5) is 20.4 Å². The van der Waals surface area contributed by atoms with Gasteiger partial charge in [-0.05, 0) is 42.0 Å². The topological polar surface area (TPSA) is 112 Å². The van der Waals surface area contributed by atoms with Crippen molar-refractivity contribution in [3.63, 3.8) is 0 Å². The number of hydrogen-bond acceptors (Lipinski definition) is 8. The maximum Gasteiger partial charge on any atom is 0.274 e. The van der Waals surface area contributed by atoms with E-state index < -0.39 is 23.1 Å². The summed E-state index contributed by atoms with van der Waals surface area (Å²) in [6, 6.07) is 18.7. The molecular weight excluding hydrogens is 548 g/mol. The van der Waals surface area contributed by atoms with E-state index in [9.17, 15) is 18.4 Å². The van der Waals surface area contributed by atoms with Crippen molar-refractivity contribution >= 4 is 40.4 Å². The third kappa shape index (κ3) is 5.50. The lowest BCUT2D eigenvalue weighted by Crippen LogP contribution is -2.42. The summed E-state index contributed by atoms with van der Waals surface area (Å²) in [5, 5.41) is 6.24. The van der Waals surface area contributed by atoms with Gasteiger partial charge in [-0.2, -0.15) is 0 Å². The Morgan fingerprint density at radius 3 is 2.41 bits per heavy atom. The Balaban J connectivity index is 1.34. The first-order valence-electron chi connectivity index (χ1n) is 12.7. The lowest BCUT2D eigenvalue weighted by atomic mass is 9.81. The second kappa shape index (κ2) is 11.0. The zero-order chi connectivity index (χ0) is 28.4. The molecule has 4 aromatic rings. The normalized spacial score (nSPS) is 19.7. The highest BCUT2D eigenvalue weighted by molar-refractivity contribution is 8.13. The zero-order valence-corrected chi connectivity index (χ0v) is 22.3. The molecule has 2 unspecified atom stereocenters. The number of amides is 2. The van der Waals surface area contributed by atoms with Crippen LogP contribution in [0.2, 0.25) is 0 Å². The first-order valence-corrected chi connectivity index (χ1v) is 13.7. The highest BCUT2D eigenvalue weighted by Crippen LogP contribution is 2.46. The zero-order valence-electron chi connectivity index (χ0n) is 21.5. The Hall–Kier alpha value is -4.71. The number of aliphatic imine (C=N–C) groups is 1. The van der Waals surface area contributed by atoms with Gasteiger partial charge in [0.2, 0.25) is 5.95 Å². The number of anilines is 2. The lowest BCUT2D eigenvalue weighted by molar-refractivity contribution is 0.0976. The van der Waals surface area contributed by atoms with Gasteiger partial charge in [0.25, 0.3) is 11.8 Å². The predicted molar refractivity (Wildman–Crippen MR) is 152 cm³/mol. The number of carbonyl (C=O) groups excluding carboxylic acids is 2. The van der Waals surface area contributed by atoms with E-state index in [-0.39, 0.29) is 17.5 Å². The van der Waals surface area contributed by atoms with Crippen LogP contribution in [0, 0.1) is 17.6 Å². The number of hydrogen-bond donors (Lipinski definition) is 2. The summed E-state index contributed by atoms with van der Waals surface area (Å²) in [5.74, 6) is -0.809. The highest BCUT2D eigenvalue weighted by Gasteiger charge is 2.51. The van der Waals surface area contributed by atoms with Crippen LogP contribution in [0.1, 0.15) is 26.4 Å². The van der Waals surface area contributed by atoms with Crippen molar-refractivity contribution in [2.75, 3.05) is 29.1 Å². The summed E-state index contributed by atoms with van der Waals surface area (Å²) >= 11 is 1.45. The number of pyridine rings is 1. The third-order valence-electron chi connectivity index (χ3n) is 7.00. The molecule has 0 spiro atoms. The Kier molecular flexibility index (Phi) is 7.14. The van der Waals surface area contributed by atoms with Crippen molar-refractivity contribution in [2.24, 2.45) is 10.9 Å². The van der Waals surface area contributed by atoms with E-state index in [0.29, 0.717) is 41.2 Å². The van der Waals surface area contributed by atoms with Crippen molar-refractivity contribution in [1.29, 1.82) is 0 Å². The maximum absolute atomic E-state index is 13.5. The van der Waals surface area contributed by atoms with E-state index in [1.807, 2.05) is 29.2 Å². The number of nitrogens with one attached hydrogen (secondary N) is 2. The van der Waals surface area contributed by atoms with Crippen molar-refractivity contribution in [2.45, 2.75) is 5.54 Å². The van der Waals surface area contributed by atoms with E-state index in [0.717, 1.165) is 24.2 Å². The SMILES string of the molecule is O=C(NC1=NC2(c3cccc(NC(=O)c4ccc(F)cn4)c3)CN(c3ncc(F)cn3)CC2CS1)c1ccccc1.